The number of carbonyl (C=O) groups excluding carboxylic acids is 1. The van der Waals surface area contributed by atoms with Crippen LogP contribution in [0.25, 0.3) is 11.1 Å². The topological polar surface area (TPSA) is 95.5 Å². The van der Waals surface area contributed by atoms with Crippen molar-refractivity contribution in [2.24, 2.45) is 0 Å². The van der Waals surface area contributed by atoms with E-state index in [1.807, 2.05) is 0 Å². The summed E-state index contributed by atoms with van der Waals surface area (Å²) in [6.07, 6.45) is 1.47. The number of benzene rings is 1. The Kier molecular flexibility index (Phi) is 4.36. The molecule has 0 atom stereocenters. The number of hydrogen-bond acceptors (Lipinski definition) is 7. The van der Waals surface area contributed by atoms with E-state index in [1.165, 1.54) is 24.3 Å². The minimum atomic E-state index is -0.512. The Morgan fingerprint density at radius 2 is 2.40 bits per heavy atom. The van der Waals surface area contributed by atoms with Gasteiger partial charge in [0.25, 0.3) is 10.9 Å². The molecule has 2 rings (SSSR count). The van der Waals surface area contributed by atoms with Gasteiger partial charge in [-0.15, -0.1) is 0 Å². The van der Waals surface area contributed by atoms with Crippen molar-refractivity contribution in [1.29, 1.82) is 0 Å². The summed E-state index contributed by atoms with van der Waals surface area (Å²) >= 11 is 1.06. The molecule has 0 spiro atoms. The maximum Gasteiger partial charge on any atom is 0.316 e. The zero-order valence-electron chi connectivity index (χ0n) is 10.3. The molecule has 0 bridgehead atoms. The zero-order chi connectivity index (χ0) is 14.5. The fourth-order valence-electron chi connectivity index (χ4n) is 1.38. The molecule has 0 amide bonds. The van der Waals surface area contributed by atoms with Gasteiger partial charge in [-0.1, -0.05) is 24.4 Å². The molecule has 104 valence electrons. The van der Waals surface area contributed by atoms with Crippen LogP contribution in [0.4, 0.5) is 5.69 Å². The van der Waals surface area contributed by atoms with Crippen LogP contribution in [0, 0.1) is 10.1 Å². The second kappa shape index (κ2) is 6.20. The van der Waals surface area contributed by atoms with Gasteiger partial charge >= 0.3 is 5.97 Å². The molecule has 0 saturated carbocycles. The lowest BCUT2D eigenvalue weighted by atomic mass is 10.3. The zero-order valence-corrected chi connectivity index (χ0v) is 11.1. The van der Waals surface area contributed by atoms with E-state index in [0.29, 0.717) is 11.1 Å². The van der Waals surface area contributed by atoms with Gasteiger partial charge in [-0.25, -0.2) is 4.98 Å². The molecule has 1 aromatic carbocycles. The second-order valence-corrected chi connectivity index (χ2v) is 4.58. The standard InChI is InChI=1S/C12H10N2O5S/c1-2-5-18-11(15)7-20-12-13-9-4-3-8(14(16)17)6-10(9)19-12/h2-4,6H,1,5,7H2. The largest absolute Gasteiger partial charge is 0.461 e. The highest BCUT2D eigenvalue weighted by Crippen LogP contribution is 2.26. The van der Waals surface area contributed by atoms with Crippen LogP contribution in [0.15, 0.2) is 40.5 Å². The number of nitro groups is 1. The number of esters is 1. The highest BCUT2D eigenvalue weighted by Gasteiger charge is 2.13. The van der Waals surface area contributed by atoms with Crippen LogP contribution < -0.4 is 0 Å². The molecule has 8 heteroatoms. The number of aromatic nitrogens is 1. The van der Waals surface area contributed by atoms with Crippen LogP contribution in [0.3, 0.4) is 0 Å². The van der Waals surface area contributed by atoms with E-state index < -0.39 is 10.9 Å². The predicted molar refractivity (Wildman–Crippen MR) is 72.5 cm³/mol. The second-order valence-electron chi connectivity index (χ2n) is 3.65. The number of thioether (sulfide) groups is 1. The molecule has 0 aliphatic rings. The number of ether oxygens (including phenoxy) is 1. The number of oxazole rings is 1. The Morgan fingerprint density at radius 3 is 3.10 bits per heavy atom. The lowest BCUT2D eigenvalue weighted by Gasteiger charge is -1.98. The van der Waals surface area contributed by atoms with Crippen molar-refractivity contribution >= 4 is 34.5 Å². The monoisotopic (exact) mass is 294 g/mol. The molecule has 0 N–H and O–H groups in total. The van der Waals surface area contributed by atoms with E-state index in [9.17, 15) is 14.9 Å². The third-order valence-electron chi connectivity index (χ3n) is 2.24. The molecule has 0 unspecified atom stereocenters. The molecule has 7 nitrogen and oxygen atoms in total. The lowest BCUT2D eigenvalue weighted by molar-refractivity contribution is -0.384. The normalized spacial score (nSPS) is 10.4. The van der Waals surface area contributed by atoms with Crippen molar-refractivity contribution in [2.75, 3.05) is 12.4 Å². The van der Waals surface area contributed by atoms with E-state index in [1.54, 1.807) is 0 Å². The lowest BCUT2D eigenvalue weighted by Crippen LogP contribution is -2.06. The molecule has 2 aromatic rings. The summed E-state index contributed by atoms with van der Waals surface area (Å²) in [4.78, 5) is 25.5. The Labute approximate surface area is 117 Å². The van der Waals surface area contributed by atoms with Gasteiger partial charge in [-0.2, -0.15) is 0 Å². The van der Waals surface area contributed by atoms with E-state index in [-0.39, 0.29) is 23.3 Å². The fourth-order valence-corrected chi connectivity index (χ4v) is 2.02. The van der Waals surface area contributed by atoms with Crippen molar-refractivity contribution in [1.82, 2.24) is 4.98 Å². The SMILES string of the molecule is C=CCOC(=O)CSc1nc2ccc([N+](=O)[O-])cc2o1. The Bertz CT molecular complexity index is 667. The Morgan fingerprint density at radius 1 is 1.60 bits per heavy atom. The first-order valence-electron chi connectivity index (χ1n) is 5.54. The first-order valence-corrected chi connectivity index (χ1v) is 6.53. The van der Waals surface area contributed by atoms with Crippen molar-refractivity contribution in [2.45, 2.75) is 5.22 Å². The highest BCUT2D eigenvalue weighted by molar-refractivity contribution is 7.99. The molecule has 1 aromatic heterocycles. The number of nitrogens with zero attached hydrogens (tertiary/aromatic N) is 2. The van der Waals surface area contributed by atoms with Crippen LogP contribution in [-0.4, -0.2) is 28.2 Å². The van der Waals surface area contributed by atoms with Crippen molar-refractivity contribution in [3.05, 3.63) is 41.0 Å². The first-order chi connectivity index (χ1) is 9.60. The summed E-state index contributed by atoms with van der Waals surface area (Å²) in [6.45, 7) is 3.58. The van der Waals surface area contributed by atoms with Crippen molar-refractivity contribution in [3.8, 4) is 0 Å². The van der Waals surface area contributed by atoms with E-state index >= 15 is 0 Å². The van der Waals surface area contributed by atoms with Gasteiger partial charge in [-0.3, -0.25) is 14.9 Å². The minimum Gasteiger partial charge on any atom is -0.461 e. The van der Waals surface area contributed by atoms with Gasteiger partial charge in [0.2, 0.25) is 0 Å². The van der Waals surface area contributed by atoms with Gasteiger partial charge < -0.3 is 9.15 Å². The van der Waals surface area contributed by atoms with E-state index in [0.717, 1.165) is 11.8 Å². The van der Waals surface area contributed by atoms with Crippen molar-refractivity contribution in [3.63, 3.8) is 0 Å². The van der Waals surface area contributed by atoms with Gasteiger partial charge in [0.05, 0.1) is 11.0 Å². The molecule has 0 radical (unpaired) electrons. The van der Waals surface area contributed by atoms with Crippen LogP contribution in [0.5, 0.6) is 0 Å². The quantitative estimate of drug-likeness (QED) is 0.265. The molecular weight excluding hydrogens is 284 g/mol. The Hall–Kier alpha value is -2.35. The summed E-state index contributed by atoms with van der Waals surface area (Å²) in [5.74, 6) is -0.369. The van der Waals surface area contributed by atoms with E-state index in [2.05, 4.69) is 11.6 Å². The average molecular weight is 294 g/mol. The van der Waals surface area contributed by atoms with Gasteiger partial charge in [-0.05, 0) is 6.07 Å². The first kappa shape index (κ1) is 14.1. The van der Waals surface area contributed by atoms with Crippen LogP contribution >= 0.6 is 11.8 Å². The number of rotatable bonds is 6. The van der Waals surface area contributed by atoms with Crippen molar-refractivity contribution < 1.29 is 18.9 Å². The molecular formula is C12H10N2O5S. The molecule has 1 heterocycles. The third-order valence-corrected chi connectivity index (χ3v) is 3.04. The third kappa shape index (κ3) is 3.35. The number of carbonyl (C=O) groups is 1. The summed E-state index contributed by atoms with van der Waals surface area (Å²) in [5.41, 5.74) is 0.731. The van der Waals surface area contributed by atoms with Crippen LogP contribution in [-0.2, 0) is 9.53 Å². The predicted octanol–water partition coefficient (Wildman–Crippen LogP) is 2.56. The number of fused-ring (bicyclic) bond motifs is 1. The summed E-state index contributed by atoms with van der Waals surface area (Å²) in [7, 11) is 0. The summed E-state index contributed by atoms with van der Waals surface area (Å²) < 4.78 is 10.1. The average Bonchev–Trinajstić information content (AvgIpc) is 2.84. The minimum absolute atomic E-state index is 0.0444. The summed E-state index contributed by atoms with van der Waals surface area (Å²) in [6, 6.07) is 4.14. The summed E-state index contributed by atoms with van der Waals surface area (Å²) in [5, 5.41) is 10.9. The number of hydrogen-bond donors (Lipinski definition) is 0. The maximum absolute atomic E-state index is 11.3. The van der Waals surface area contributed by atoms with Gasteiger partial charge in [0, 0.05) is 6.07 Å². The maximum atomic E-state index is 11.3. The number of nitro benzene ring substituents is 1. The highest BCUT2D eigenvalue weighted by atomic mass is 32.2. The molecule has 0 saturated heterocycles. The molecule has 20 heavy (non-hydrogen) atoms. The Balaban J connectivity index is 2.06. The molecule has 0 aliphatic heterocycles. The van der Waals surface area contributed by atoms with E-state index in [4.69, 9.17) is 9.15 Å². The van der Waals surface area contributed by atoms with Gasteiger partial charge in [0.15, 0.2) is 5.58 Å². The number of non-ortho nitro benzene ring substituents is 1. The van der Waals surface area contributed by atoms with Crippen LogP contribution in [0.1, 0.15) is 0 Å². The molecule has 0 fully saturated rings. The molecule has 0 aliphatic carbocycles. The fraction of sp³-hybridized carbons (Fsp3) is 0.167. The van der Waals surface area contributed by atoms with Crippen LogP contribution in [0.2, 0.25) is 0 Å². The smallest absolute Gasteiger partial charge is 0.316 e. The van der Waals surface area contributed by atoms with Gasteiger partial charge in [0.1, 0.15) is 17.9 Å².